The second kappa shape index (κ2) is 8.81. The molecule has 0 aliphatic heterocycles. The Balaban J connectivity index is 1.43. The largest absolute Gasteiger partial charge is 0.256 e. The van der Waals surface area contributed by atoms with Crippen LogP contribution in [0, 0.1) is 5.82 Å². The molecule has 1 heterocycles. The second-order valence-electron chi connectivity index (χ2n) is 7.32. The van der Waals surface area contributed by atoms with E-state index < -0.39 is 0 Å². The molecule has 5 rings (SSSR count). The van der Waals surface area contributed by atoms with Gasteiger partial charge in [0, 0.05) is 43.2 Å². The Labute approximate surface area is 197 Å². The summed E-state index contributed by atoms with van der Waals surface area (Å²) in [6, 6.07) is 32.1. The third-order valence-corrected chi connectivity index (χ3v) is 7.33. The lowest BCUT2D eigenvalue weighted by Gasteiger charge is -2.08. The molecular formula is C27H17FINS. The van der Waals surface area contributed by atoms with E-state index in [1.165, 1.54) is 28.2 Å². The molecule has 0 amide bonds. The standard InChI is InChI=1S/C27H17FINS/c28-25-11-7-20(8-12-25)22-5-6-23-15-24(17-30-27(23)16-22)21-3-1-18(2-4-21)19-9-13-26(31-29)14-10-19/h1-17H. The Morgan fingerprint density at radius 3 is 1.74 bits per heavy atom. The first-order valence-electron chi connectivity index (χ1n) is 9.85. The van der Waals surface area contributed by atoms with E-state index >= 15 is 0 Å². The average Bonchev–Trinajstić information content (AvgIpc) is 2.84. The molecule has 0 spiro atoms. The van der Waals surface area contributed by atoms with Gasteiger partial charge < -0.3 is 0 Å². The quantitative estimate of drug-likeness (QED) is 0.214. The van der Waals surface area contributed by atoms with E-state index in [4.69, 9.17) is 0 Å². The van der Waals surface area contributed by atoms with Crippen molar-refractivity contribution in [2.75, 3.05) is 0 Å². The lowest BCUT2D eigenvalue weighted by molar-refractivity contribution is 0.628. The number of rotatable bonds is 4. The Morgan fingerprint density at radius 2 is 1.10 bits per heavy atom. The second-order valence-corrected chi connectivity index (χ2v) is 9.26. The van der Waals surface area contributed by atoms with Crippen LogP contribution in [0.5, 0.6) is 0 Å². The molecule has 0 saturated heterocycles. The molecule has 1 aromatic heterocycles. The van der Waals surface area contributed by atoms with E-state index in [1.54, 1.807) is 21.1 Å². The molecular weight excluding hydrogens is 516 g/mol. The topological polar surface area (TPSA) is 12.9 Å². The number of benzene rings is 4. The Hall–Kier alpha value is -2.70. The number of halogens is 2. The van der Waals surface area contributed by atoms with Crippen LogP contribution in [0.2, 0.25) is 0 Å². The predicted octanol–water partition coefficient (Wildman–Crippen LogP) is 8.82. The zero-order valence-electron chi connectivity index (χ0n) is 16.4. The van der Waals surface area contributed by atoms with Crippen LogP contribution in [-0.2, 0) is 0 Å². The number of pyridine rings is 1. The van der Waals surface area contributed by atoms with Crippen molar-refractivity contribution in [1.29, 1.82) is 0 Å². The molecule has 0 saturated carbocycles. The van der Waals surface area contributed by atoms with E-state index in [9.17, 15) is 4.39 Å². The van der Waals surface area contributed by atoms with Gasteiger partial charge in [-0.2, -0.15) is 0 Å². The summed E-state index contributed by atoms with van der Waals surface area (Å²) < 4.78 is 13.2. The molecule has 0 bridgehead atoms. The molecule has 0 fully saturated rings. The van der Waals surface area contributed by atoms with Crippen molar-refractivity contribution in [3.05, 3.63) is 109 Å². The van der Waals surface area contributed by atoms with E-state index in [-0.39, 0.29) is 5.82 Å². The minimum absolute atomic E-state index is 0.227. The molecule has 0 radical (unpaired) electrons. The van der Waals surface area contributed by atoms with Gasteiger partial charge in [0.15, 0.2) is 0 Å². The molecule has 0 aliphatic rings. The van der Waals surface area contributed by atoms with Crippen LogP contribution in [0.1, 0.15) is 0 Å². The van der Waals surface area contributed by atoms with E-state index in [1.807, 2.05) is 12.3 Å². The molecule has 4 aromatic carbocycles. The van der Waals surface area contributed by atoms with Crippen LogP contribution in [-0.4, -0.2) is 4.98 Å². The number of fused-ring (bicyclic) bond motifs is 1. The molecule has 1 nitrogen and oxygen atoms in total. The zero-order valence-corrected chi connectivity index (χ0v) is 19.4. The first-order valence-corrected chi connectivity index (χ1v) is 13.2. The van der Waals surface area contributed by atoms with Gasteiger partial charge in [0.25, 0.3) is 0 Å². The van der Waals surface area contributed by atoms with Gasteiger partial charge in [-0.3, -0.25) is 4.98 Å². The molecule has 0 aliphatic carbocycles. The third kappa shape index (κ3) is 4.36. The fraction of sp³-hybridized carbons (Fsp3) is 0. The van der Waals surface area contributed by atoms with E-state index in [0.29, 0.717) is 0 Å². The van der Waals surface area contributed by atoms with Gasteiger partial charge >= 0.3 is 0 Å². The minimum Gasteiger partial charge on any atom is -0.256 e. The molecule has 31 heavy (non-hydrogen) atoms. The predicted molar refractivity (Wildman–Crippen MR) is 138 cm³/mol. The summed E-state index contributed by atoms with van der Waals surface area (Å²) in [5, 5.41) is 1.08. The lowest BCUT2D eigenvalue weighted by Crippen LogP contribution is -1.86. The highest BCUT2D eigenvalue weighted by molar-refractivity contribution is 14.2. The van der Waals surface area contributed by atoms with Gasteiger partial charge in [-0.1, -0.05) is 69.6 Å². The van der Waals surface area contributed by atoms with Crippen molar-refractivity contribution in [2.24, 2.45) is 0 Å². The fourth-order valence-corrected chi connectivity index (χ4v) is 4.77. The normalized spacial score (nSPS) is 11.0. The first-order chi connectivity index (χ1) is 15.2. The van der Waals surface area contributed by atoms with E-state index in [0.717, 1.165) is 33.2 Å². The van der Waals surface area contributed by atoms with Crippen molar-refractivity contribution in [1.82, 2.24) is 4.98 Å². The Kier molecular flexibility index (Phi) is 5.74. The molecule has 5 aromatic rings. The fourth-order valence-electron chi connectivity index (χ4n) is 3.66. The highest BCUT2D eigenvalue weighted by Gasteiger charge is 2.05. The van der Waals surface area contributed by atoms with Crippen molar-refractivity contribution < 1.29 is 4.39 Å². The third-order valence-electron chi connectivity index (χ3n) is 5.36. The monoisotopic (exact) mass is 533 g/mol. The van der Waals surface area contributed by atoms with Crippen molar-refractivity contribution in [3.8, 4) is 33.4 Å². The van der Waals surface area contributed by atoms with Crippen LogP contribution in [0.3, 0.4) is 0 Å². The minimum atomic E-state index is -0.227. The summed E-state index contributed by atoms with van der Waals surface area (Å²) in [5.41, 5.74) is 7.58. The van der Waals surface area contributed by atoms with Gasteiger partial charge in [0.1, 0.15) is 5.82 Å². The summed E-state index contributed by atoms with van der Waals surface area (Å²) in [7, 11) is 1.72. The van der Waals surface area contributed by atoms with Crippen molar-refractivity contribution in [3.63, 3.8) is 0 Å². The Bertz CT molecular complexity index is 1350. The maximum atomic E-state index is 13.2. The van der Waals surface area contributed by atoms with Gasteiger partial charge in [-0.25, -0.2) is 4.39 Å². The highest BCUT2D eigenvalue weighted by Crippen LogP contribution is 2.30. The summed E-state index contributed by atoms with van der Waals surface area (Å²) in [4.78, 5) is 5.94. The number of nitrogens with zero attached hydrogens (tertiary/aromatic N) is 1. The van der Waals surface area contributed by atoms with Gasteiger partial charge in [0.05, 0.1) is 5.52 Å². The van der Waals surface area contributed by atoms with Crippen LogP contribution in [0.15, 0.2) is 108 Å². The van der Waals surface area contributed by atoms with Crippen LogP contribution < -0.4 is 0 Å². The molecule has 0 atom stereocenters. The summed E-state index contributed by atoms with van der Waals surface area (Å²) >= 11 is 2.30. The highest BCUT2D eigenvalue weighted by atomic mass is 127. The molecule has 4 heteroatoms. The number of aromatic nitrogens is 1. The average molecular weight is 533 g/mol. The maximum Gasteiger partial charge on any atom is 0.123 e. The van der Waals surface area contributed by atoms with Gasteiger partial charge in [-0.15, -0.1) is 0 Å². The zero-order chi connectivity index (χ0) is 21.2. The van der Waals surface area contributed by atoms with Crippen molar-refractivity contribution >= 4 is 41.0 Å². The lowest BCUT2D eigenvalue weighted by atomic mass is 9.99. The molecule has 0 N–H and O–H groups in total. The molecule has 0 unspecified atom stereocenters. The summed E-state index contributed by atoms with van der Waals surface area (Å²) in [6.45, 7) is 0. The summed E-state index contributed by atoms with van der Waals surface area (Å²) in [5.74, 6) is -0.227. The van der Waals surface area contributed by atoms with Crippen LogP contribution >= 0.6 is 30.1 Å². The van der Waals surface area contributed by atoms with Crippen molar-refractivity contribution in [2.45, 2.75) is 4.90 Å². The van der Waals surface area contributed by atoms with E-state index in [2.05, 4.69) is 92.9 Å². The SMILES string of the molecule is Fc1ccc(-c2ccc3cc(-c4ccc(-c5ccc(SI)cc5)cc4)cnc3c2)cc1. The molecule has 150 valence electrons. The summed E-state index contributed by atoms with van der Waals surface area (Å²) in [6.07, 6.45) is 1.91. The first kappa shape index (κ1) is 20.2. The number of hydrogen-bond acceptors (Lipinski definition) is 2. The Morgan fingerprint density at radius 1 is 0.581 bits per heavy atom. The van der Waals surface area contributed by atoms with Gasteiger partial charge in [-0.05, 0) is 64.2 Å². The maximum absolute atomic E-state index is 13.2. The van der Waals surface area contributed by atoms with Gasteiger partial charge in [0.2, 0.25) is 0 Å². The smallest absolute Gasteiger partial charge is 0.123 e. The van der Waals surface area contributed by atoms with Crippen LogP contribution in [0.4, 0.5) is 4.39 Å². The number of hydrogen-bond donors (Lipinski definition) is 0. The van der Waals surface area contributed by atoms with Crippen LogP contribution in [0.25, 0.3) is 44.3 Å².